The Morgan fingerprint density at radius 3 is 2.60 bits per heavy atom. The van der Waals surface area contributed by atoms with Crippen LogP contribution in [0.3, 0.4) is 0 Å². The fraction of sp³-hybridized carbons (Fsp3) is 0.500. The third-order valence-electron chi connectivity index (χ3n) is 4.28. The number of methoxy groups -OCH3 is 2. The van der Waals surface area contributed by atoms with Gasteiger partial charge in [-0.1, -0.05) is 12.1 Å². The number of amides is 2. The molecule has 7 nitrogen and oxygen atoms in total. The zero-order valence-electron chi connectivity index (χ0n) is 14.6. The number of carbonyl (C=O) groups is 3. The molecule has 1 aromatic carbocycles. The largest absolute Gasteiger partial charge is 0.465 e. The SMILES string of the molecule is COCCN1CC(C(=O)NCc2ccc(C(=O)OC)cc2)CCC1=O. The topological polar surface area (TPSA) is 84.9 Å². The van der Waals surface area contributed by atoms with Gasteiger partial charge in [0.25, 0.3) is 0 Å². The number of nitrogens with zero attached hydrogens (tertiary/aromatic N) is 1. The summed E-state index contributed by atoms with van der Waals surface area (Å²) in [7, 11) is 2.92. The standard InChI is InChI=1S/C18H24N2O5/c1-24-10-9-20-12-15(7-8-16(20)21)17(22)19-11-13-3-5-14(6-4-13)18(23)25-2/h3-6,15H,7-12H2,1-2H3,(H,19,22). The van der Waals surface area contributed by atoms with Crippen LogP contribution in [0.4, 0.5) is 0 Å². The minimum atomic E-state index is -0.390. The van der Waals surface area contributed by atoms with Gasteiger partial charge in [0.15, 0.2) is 0 Å². The van der Waals surface area contributed by atoms with Gasteiger partial charge in [-0.2, -0.15) is 0 Å². The molecule has 0 bridgehead atoms. The monoisotopic (exact) mass is 348 g/mol. The average Bonchev–Trinajstić information content (AvgIpc) is 2.65. The molecule has 0 aromatic heterocycles. The van der Waals surface area contributed by atoms with Crippen LogP contribution >= 0.6 is 0 Å². The van der Waals surface area contributed by atoms with E-state index in [1.807, 2.05) is 0 Å². The minimum Gasteiger partial charge on any atom is -0.465 e. The molecule has 1 aromatic rings. The number of ether oxygens (including phenoxy) is 2. The zero-order valence-corrected chi connectivity index (χ0v) is 14.6. The van der Waals surface area contributed by atoms with Crippen LogP contribution in [0, 0.1) is 5.92 Å². The van der Waals surface area contributed by atoms with Crippen molar-refractivity contribution in [3.63, 3.8) is 0 Å². The molecule has 1 aliphatic heterocycles. The van der Waals surface area contributed by atoms with Gasteiger partial charge >= 0.3 is 5.97 Å². The Kier molecular flexibility index (Phi) is 6.94. The highest BCUT2D eigenvalue weighted by Gasteiger charge is 2.29. The summed E-state index contributed by atoms with van der Waals surface area (Å²) in [6, 6.07) is 6.89. The van der Waals surface area contributed by atoms with Gasteiger partial charge < -0.3 is 19.7 Å². The molecule has 0 aliphatic carbocycles. The molecule has 1 saturated heterocycles. The number of hydrogen-bond donors (Lipinski definition) is 1. The first-order valence-corrected chi connectivity index (χ1v) is 8.26. The summed E-state index contributed by atoms with van der Waals surface area (Å²) in [4.78, 5) is 37.3. The smallest absolute Gasteiger partial charge is 0.337 e. The van der Waals surface area contributed by atoms with E-state index in [-0.39, 0.29) is 17.7 Å². The van der Waals surface area contributed by atoms with E-state index in [9.17, 15) is 14.4 Å². The zero-order chi connectivity index (χ0) is 18.2. The van der Waals surface area contributed by atoms with E-state index in [1.54, 1.807) is 36.3 Å². The van der Waals surface area contributed by atoms with Gasteiger partial charge in [0.05, 0.1) is 25.2 Å². The highest BCUT2D eigenvalue weighted by molar-refractivity contribution is 5.89. The predicted molar refractivity (Wildman–Crippen MR) is 90.8 cm³/mol. The maximum absolute atomic E-state index is 12.4. The van der Waals surface area contributed by atoms with Gasteiger partial charge in [-0.3, -0.25) is 9.59 Å². The second kappa shape index (κ2) is 9.17. The minimum absolute atomic E-state index is 0.0630. The van der Waals surface area contributed by atoms with Gasteiger partial charge in [0.1, 0.15) is 0 Å². The molecule has 1 fully saturated rings. The Labute approximate surface area is 147 Å². The van der Waals surface area contributed by atoms with Crippen molar-refractivity contribution in [1.29, 1.82) is 0 Å². The Balaban J connectivity index is 1.85. The van der Waals surface area contributed by atoms with Crippen LogP contribution in [-0.4, -0.2) is 56.6 Å². The molecule has 0 saturated carbocycles. The maximum Gasteiger partial charge on any atom is 0.337 e. The normalized spacial score (nSPS) is 17.3. The molecular weight excluding hydrogens is 324 g/mol. The van der Waals surface area contributed by atoms with Crippen LogP contribution < -0.4 is 5.32 Å². The first-order chi connectivity index (χ1) is 12.0. The highest BCUT2D eigenvalue weighted by atomic mass is 16.5. The molecule has 0 spiro atoms. The Morgan fingerprint density at radius 2 is 1.96 bits per heavy atom. The van der Waals surface area contributed by atoms with Crippen LogP contribution in [-0.2, 0) is 25.6 Å². The number of piperidine rings is 1. The average molecular weight is 348 g/mol. The molecule has 1 unspecified atom stereocenters. The molecule has 0 radical (unpaired) electrons. The van der Waals surface area contributed by atoms with Crippen molar-refractivity contribution in [1.82, 2.24) is 10.2 Å². The van der Waals surface area contributed by atoms with E-state index >= 15 is 0 Å². The summed E-state index contributed by atoms with van der Waals surface area (Å²) in [5.74, 6) is -0.589. The van der Waals surface area contributed by atoms with Gasteiger partial charge in [0, 0.05) is 33.2 Å². The Bertz CT molecular complexity index is 614. The van der Waals surface area contributed by atoms with Crippen LogP contribution in [0.1, 0.15) is 28.8 Å². The number of hydrogen-bond acceptors (Lipinski definition) is 5. The molecule has 25 heavy (non-hydrogen) atoms. The van der Waals surface area contributed by atoms with E-state index in [4.69, 9.17) is 4.74 Å². The van der Waals surface area contributed by atoms with Crippen molar-refractivity contribution >= 4 is 17.8 Å². The molecule has 1 heterocycles. The Hall–Kier alpha value is -2.41. The summed E-state index contributed by atoms with van der Waals surface area (Å²) < 4.78 is 9.65. The van der Waals surface area contributed by atoms with Crippen LogP contribution in [0.25, 0.3) is 0 Å². The van der Waals surface area contributed by atoms with Crippen LogP contribution in [0.15, 0.2) is 24.3 Å². The van der Waals surface area contributed by atoms with Gasteiger partial charge in [0.2, 0.25) is 11.8 Å². The first-order valence-electron chi connectivity index (χ1n) is 8.26. The number of esters is 1. The van der Waals surface area contributed by atoms with Crippen molar-refractivity contribution in [3.8, 4) is 0 Å². The summed E-state index contributed by atoms with van der Waals surface area (Å²) >= 11 is 0. The maximum atomic E-state index is 12.4. The van der Waals surface area contributed by atoms with Gasteiger partial charge in [-0.25, -0.2) is 4.79 Å². The lowest BCUT2D eigenvalue weighted by Crippen LogP contribution is -2.46. The number of nitrogens with one attached hydrogen (secondary N) is 1. The number of rotatable bonds is 7. The molecule has 2 amide bonds. The summed E-state index contributed by atoms with van der Waals surface area (Å²) in [5.41, 5.74) is 1.36. The van der Waals surface area contributed by atoms with Gasteiger partial charge in [-0.05, 0) is 24.1 Å². The lowest BCUT2D eigenvalue weighted by molar-refractivity contribution is -0.138. The first kappa shape index (κ1) is 18.9. The van der Waals surface area contributed by atoms with E-state index < -0.39 is 5.97 Å². The molecule has 136 valence electrons. The van der Waals surface area contributed by atoms with E-state index in [0.29, 0.717) is 44.6 Å². The van der Waals surface area contributed by atoms with Crippen molar-refractivity contribution in [2.45, 2.75) is 19.4 Å². The number of likely N-dealkylation sites (tertiary alicyclic amines) is 1. The van der Waals surface area contributed by atoms with E-state index in [2.05, 4.69) is 10.1 Å². The second-order valence-corrected chi connectivity index (χ2v) is 5.97. The summed E-state index contributed by atoms with van der Waals surface area (Å²) in [6.07, 6.45) is 0.949. The molecular formula is C18H24N2O5. The quantitative estimate of drug-likeness (QED) is 0.743. The van der Waals surface area contributed by atoms with E-state index in [0.717, 1.165) is 5.56 Å². The summed E-state index contributed by atoms with van der Waals surface area (Å²) in [5, 5.41) is 2.90. The summed E-state index contributed by atoms with van der Waals surface area (Å²) in [6.45, 7) is 1.78. The van der Waals surface area contributed by atoms with Crippen molar-refractivity contribution < 1.29 is 23.9 Å². The van der Waals surface area contributed by atoms with Crippen LogP contribution in [0.2, 0.25) is 0 Å². The number of carbonyl (C=O) groups excluding carboxylic acids is 3. The predicted octanol–water partition coefficient (Wildman–Crippen LogP) is 0.974. The third-order valence-corrected chi connectivity index (χ3v) is 4.28. The lowest BCUT2D eigenvalue weighted by Gasteiger charge is -2.31. The third kappa shape index (κ3) is 5.29. The molecule has 1 N–H and O–H groups in total. The Morgan fingerprint density at radius 1 is 1.24 bits per heavy atom. The van der Waals surface area contributed by atoms with Crippen molar-refractivity contribution in [3.05, 3.63) is 35.4 Å². The second-order valence-electron chi connectivity index (χ2n) is 5.97. The lowest BCUT2D eigenvalue weighted by atomic mass is 9.96. The molecule has 2 rings (SSSR count). The van der Waals surface area contributed by atoms with Crippen molar-refractivity contribution in [2.24, 2.45) is 5.92 Å². The van der Waals surface area contributed by atoms with Crippen LogP contribution in [0.5, 0.6) is 0 Å². The van der Waals surface area contributed by atoms with Crippen molar-refractivity contribution in [2.75, 3.05) is 33.9 Å². The fourth-order valence-electron chi connectivity index (χ4n) is 2.76. The molecule has 1 aliphatic rings. The molecule has 7 heteroatoms. The fourth-order valence-corrected chi connectivity index (χ4v) is 2.76. The number of benzene rings is 1. The molecule has 1 atom stereocenters. The highest BCUT2D eigenvalue weighted by Crippen LogP contribution is 2.18. The van der Waals surface area contributed by atoms with E-state index in [1.165, 1.54) is 7.11 Å². The van der Waals surface area contributed by atoms with Gasteiger partial charge in [-0.15, -0.1) is 0 Å².